The molecule has 1 aliphatic heterocycles. The molecule has 3 aromatic carbocycles. The van der Waals surface area contributed by atoms with Gasteiger partial charge in [0, 0.05) is 54.5 Å². The van der Waals surface area contributed by atoms with Crippen molar-refractivity contribution in [3.63, 3.8) is 0 Å². The molecule has 1 N–H and O–H groups in total. The van der Waals surface area contributed by atoms with Gasteiger partial charge in [0.1, 0.15) is 0 Å². The summed E-state index contributed by atoms with van der Waals surface area (Å²) < 4.78 is 0. The topological polar surface area (TPSA) is 22.3 Å². The number of H-pyrrole nitrogens is 1. The molecule has 1 aromatic heterocycles. The minimum absolute atomic E-state index is 1.10. The number of aromatic amines is 1. The largest absolute Gasteiger partial charge is 0.354 e. The number of aryl methyl sites for hydroxylation is 1. The monoisotopic (exact) mass is 425 g/mol. The Bertz CT molecular complexity index is 1120. The third kappa shape index (κ3) is 5.06. The van der Waals surface area contributed by atoms with Crippen molar-refractivity contribution >= 4 is 21.8 Å². The Hall–Kier alpha value is -2.62. The first-order valence-electron chi connectivity index (χ1n) is 12.3. The number of aromatic nitrogens is 1. The minimum atomic E-state index is 1.10. The second kappa shape index (κ2) is 10.3. The van der Waals surface area contributed by atoms with Crippen molar-refractivity contribution in [1.29, 1.82) is 0 Å². The van der Waals surface area contributed by atoms with Crippen LogP contribution in [0.4, 0.5) is 0 Å². The highest BCUT2D eigenvalue weighted by molar-refractivity contribution is 6.08. The van der Waals surface area contributed by atoms with E-state index in [9.17, 15) is 0 Å². The van der Waals surface area contributed by atoms with Crippen LogP contribution < -0.4 is 0 Å². The molecule has 0 bridgehead atoms. The number of hydrogen-bond acceptors (Lipinski definition) is 2. The maximum Gasteiger partial charge on any atom is 0.0497 e. The van der Waals surface area contributed by atoms with Gasteiger partial charge < -0.3 is 9.88 Å². The number of nitrogens with zero attached hydrogens (tertiary/aromatic N) is 2. The van der Waals surface area contributed by atoms with Crippen molar-refractivity contribution in [2.75, 3.05) is 32.7 Å². The molecular weight excluding hydrogens is 390 g/mol. The van der Waals surface area contributed by atoms with Crippen molar-refractivity contribution in [2.45, 2.75) is 38.6 Å². The number of hydrogen-bond donors (Lipinski definition) is 1. The van der Waals surface area contributed by atoms with Crippen molar-refractivity contribution in [3.8, 4) is 0 Å². The van der Waals surface area contributed by atoms with Crippen LogP contribution in [0.15, 0.2) is 72.8 Å². The van der Waals surface area contributed by atoms with Gasteiger partial charge in [0.2, 0.25) is 0 Å². The standard InChI is InChI=1S/C29H35N3/c1(2-9-18-31-19-21-32(22-20-31)23-24-11-4-3-5-12-24)6-13-25-14-10-16-27-26-15-7-8-17-28(26)30-29(25)27/h3-5,7-8,10-12,14-17,30H,1-2,6,9,13,18-23H2. The fraction of sp³-hybridized carbons (Fsp3) is 0.379. The number of piperazine rings is 1. The van der Waals surface area contributed by atoms with E-state index in [1.54, 1.807) is 0 Å². The van der Waals surface area contributed by atoms with Crippen LogP contribution in [0.1, 0.15) is 36.8 Å². The van der Waals surface area contributed by atoms with Gasteiger partial charge in [-0.2, -0.15) is 0 Å². The molecule has 0 radical (unpaired) electrons. The Labute approximate surface area is 192 Å². The quantitative estimate of drug-likeness (QED) is 0.321. The van der Waals surface area contributed by atoms with Crippen LogP contribution in [-0.4, -0.2) is 47.5 Å². The van der Waals surface area contributed by atoms with Crippen LogP contribution in [0.5, 0.6) is 0 Å². The molecule has 2 heterocycles. The minimum Gasteiger partial charge on any atom is -0.354 e. The Morgan fingerprint density at radius 3 is 2.22 bits per heavy atom. The Kier molecular flexibility index (Phi) is 6.86. The summed E-state index contributed by atoms with van der Waals surface area (Å²) >= 11 is 0. The number of rotatable bonds is 9. The molecule has 1 aliphatic rings. The van der Waals surface area contributed by atoms with E-state index >= 15 is 0 Å². The number of fused-ring (bicyclic) bond motifs is 3. The van der Waals surface area contributed by atoms with E-state index in [1.165, 1.54) is 97.8 Å². The van der Waals surface area contributed by atoms with Crippen molar-refractivity contribution in [1.82, 2.24) is 14.8 Å². The summed E-state index contributed by atoms with van der Waals surface area (Å²) in [6.07, 6.45) is 6.44. The summed E-state index contributed by atoms with van der Waals surface area (Å²) in [4.78, 5) is 8.90. The average Bonchev–Trinajstić information content (AvgIpc) is 3.23. The summed E-state index contributed by atoms with van der Waals surface area (Å²) in [6.45, 7) is 7.19. The first-order valence-corrected chi connectivity index (χ1v) is 12.3. The second-order valence-corrected chi connectivity index (χ2v) is 9.28. The molecule has 0 spiro atoms. The molecular formula is C29H35N3. The highest BCUT2D eigenvalue weighted by atomic mass is 15.3. The molecule has 1 saturated heterocycles. The molecule has 0 aliphatic carbocycles. The number of nitrogens with one attached hydrogen (secondary N) is 1. The first-order chi connectivity index (χ1) is 15.9. The van der Waals surface area contributed by atoms with Crippen molar-refractivity contribution in [3.05, 3.63) is 83.9 Å². The van der Waals surface area contributed by atoms with E-state index in [-0.39, 0.29) is 0 Å². The van der Waals surface area contributed by atoms with Gasteiger partial charge in [-0.05, 0) is 43.0 Å². The molecule has 32 heavy (non-hydrogen) atoms. The predicted octanol–water partition coefficient (Wildman–Crippen LogP) is 6.24. The maximum atomic E-state index is 3.65. The van der Waals surface area contributed by atoms with Crippen LogP contribution in [-0.2, 0) is 13.0 Å². The van der Waals surface area contributed by atoms with Crippen LogP contribution in [0, 0.1) is 0 Å². The summed E-state index contributed by atoms with van der Waals surface area (Å²) in [5.74, 6) is 0. The molecule has 0 saturated carbocycles. The average molecular weight is 426 g/mol. The molecule has 0 atom stereocenters. The van der Waals surface area contributed by atoms with Crippen LogP contribution in [0.3, 0.4) is 0 Å². The molecule has 0 amide bonds. The molecule has 3 nitrogen and oxygen atoms in total. The molecule has 3 heteroatoms. The van der Waals surface area contributed by atoms with E-state index in [4.69, 9.17) is 0 Å². The molecule has 4 aromatic rings. The number of benzene rings is 3. The molecule has 5 rings (SSSR count). The SMILES string of the molecule is c1ccc(CN2CCN(CCCCCCc3cccc4c3[nH]c3ccccc34)CC2)cc1. The second-order valence-electron chi connectivity index (χ2n) is 9.28. The number of para-hydroxylation sites is 2. The van der Waals surface area contributed by atoms with Gasteiger partial charge in [-0.15, -0.1) is 0 Å². The summed E-state index contributed by atoms with van der Waals surface area (Å²) in [6, 6.07) is 26.3. The zero-order valence-corrected chi connectivity index (χ0v) is 19.1. The van der Waals surface area contributed by atoms with E-state index < -0.39 is 0 Å². The van der Waals surface area contributed by atoms with Gasteiger partial charge in [0.05, 0.1) is 0 Å². The predicted molar refractivity (Wildman–Crippen MR) is 136 cm³/mol. The summed E-state index contributed by atoms with van der Waals surface area (Å²) in [5.41, 5.74) is 5.48. The Balaban J connectivity index is 1.01. The zero-order valence-electron chi connectivity index (χ0n) is 19.1. The van der Waals surface area contributed by atoms with E-state index in [0.717, 1.165) is 6.54 Å². The lowest BCUT2D eigenvalue weighted by atomic mass is 10.0. The van der Waals surface area contributed by atoms with Gasteiger partial charge in [0.15, 0.2) is 0 Å². The van der Waals surface area contributed by atoms with Gasteiger partial charge in [-0.25, -0.2) is 0 Å². The summed E-state index contributed by atoms with van der Waals surface area (Å²) in [5, 5.41) is 2.71. The van der Waals surface area contributed by atoms with Gasteiger partial charge in [-0.3, -0.25) is 4.90 Å². The zero-order chi connectivity index (χ0) is 21.6. The fourth-order valence-corrected chi connectivity index (χ4v) is 5.16. The lowest BCUT2D eigenvalue weighted by Gasteiger charge is -2.34. The van der Waals surface area contributed by atoms with E-state index in [1.807, 2.05) is 0 Å². The van der Waals surface area contributed by atoms with Crippen LogP contribution in [0.2, 0.25) is 0 Å². The smallest absolute Gasteiger partial charge is 0.0497 e. The number of unbranched alkanes of at least 4 members (excludes halogenated alkanes) is 3. The van der Waals surface area contributed by atoms with Gasteiger partial charge in [0.25, 0.3) is 0 Å². The van der Waals surface area contributed by atoms with Crippen molar-refractivity contribution in [2.24, 2.45) is 0 Å². The molecule has 1 fully saturated rings. The fourth-order valence-electron chi connectivity index (χ4n) is 5.16. The molecule has 166 valence electrons. The van der Waals surface area contributed by atoms with Crippen LogP contribution in [0.25, 0.3) is 21.8 Å². The van der Waals surface area contributed by atoms with E-state index in [2.05, 4.69) is 87.6 Å². The third-order valence-electron chi connectivity index (χ3n) is 7.01. The first kappa shape index (κ1) is 21.2. The Morgan fingerprint density at radius 1 is 0.625 bits per heavy atom. The van der Waals surface area contributed by atoms with Gasteiger partial charge in [-0.1, -0.05) is 79.6 Å². The van der Waals surface area contributed by atoms with Crippen LogP contribution >= 0.6 is 0 Å². The third-order valence-corrected chi connectivity index (χ3v) is 7.01. The van der Waals surface area contributed by atoms with Gasteiger partial charge >= 0.3 is 0 Å². The lowest BCUT2D eigenvalue weighted by molar-refractivity contribution is 0.125. The maximum absolute atomic E-state index is 3.65. The van der Waals surface area contributed by atoms with Crippen molar-refractivity contribution < 1.29 is 0 Å². The highest BCUT2D eigenvalue weighted by Crippen LogP contribution is 2.28. The highest BCUT2D eigenvalue weighted by Gasteiger charge is 2.16. The normalized spacial score (nSPS) is 15.6. The lowest BCUT2D eigenvalue weighted by Crippen LogP contribution is -2.46. The molecule has 0 unspecified atom stereocenters. The summed E-state index contributed by atoms with van der Waals surface area (Å²) in [7, 11) is 0. The van der Waals surface area contributed by atoms with E-state index in [0.29, 0.717) is 0 Å². The Morgan fingerprint density at radius 2 is 1.34 bits per heavy atom.